The average molecular weight is 296 g/mol. The first kappa shape index (κ1) is 17.3. The summed E-state index contributed by atoms with van der Waals surface area (Å²) in [7, 11) is 0. The molecular weight excluding hydrogens is 268 g/mol. The molecule has 1 unspecified atom stereocenters. The van der Waals surface area contributed by atoms with Gasteiger partial charge in [0.25, 0.3) is 0 Å². The lowest BCUT2D eigenvalue weighted by molar-refractivity contribution is 0.324. The zero-order chi connectivity index (χ0) is 14.8. The van der Waals surface area contributed by atoms with Crippen LogP contribution in [0.2, 0.25) is 0 Å². The Morgan fingerprint density at radius 3 is 2.55 bits per heavy atom. The van der Waals surface area contributed by atoms with Gasteiger partial charge in [-0.2, -0.15) is 11.8 Å². The largest absolute Gasteiger partial charge is 0.494 e. The Hall–Kier alpha value is -0.710. The summed E-state index contributed by atoms with van der Waals surface area (Å²) < 4.78 is 5.64. The van der Waals surface area contributed by atoms with Crippen molar-refractivity contribution in [1.82, 2.24) is 4.90 Å². The molecule has 4 heteroatoms. The lowest BCUT2D eigenvalue weighted by atomic mass is 10.1. The predicted molar refractivity (Wildman–Crippen MR) is 89.7 cm³/mol. The fourth-order valence-electron chi connectivity index (χ4n) is 2.11. The maximum atomic E-state index is 6.29. The van der Waals surface area contributed by atoms with Crippen LogP contribution in [0.15, 0.2) is 24.3 Å². The van der Waals surface area contributed by atoms with Crippen LogP contribution in [0.4, 0.5) is 0 Å². The number of hydrogen-bond donors (Lipinski definition) is 1. The third-order valence-corrected chi connectivity index (χ3v) is 4.43. The number of benzene rings is 1. The summed E-state index contributed by atoms with van der Waals surface area (Å²) in [4.78, 5) is 2.44. The van der Waals surface area contributed by atoms with E-state index in [4.69, 9.17) is 10.5 Å². The van der Waals surface area contributed by atoms with Crippen LogP contribution in [0, 0.1) is 0 Å². The molecule has 114 valence electrons. The smallest absolute Gasteiger partial charge is 0.124 e. The summed E-state index contributed by atoms with van der Waals surface area (Å²) in [5, 5.41) is 0. The van der Waals surface area contributed by atoms with E-state index >= 15 is 0 Å². The van der Waals surface area contributed by atoms with Crippen molar-refractivity contribution in [2.24, 2.45) is 5.73 Å². The fraction of sp³-hybridized carbons (Fsp3) is 0.625. The lowest BCUT2D eigenvalue weighted by Gasteiger charge is -2.19. The molecule has 0 aromatic heterocycles. The minimum Gasteiger partial charge on any atom is -0.494 e. The molecule has 1 rings (SSSR count). The Balaban J connectivity index is 2.41. The molecule has 0 spiro atoms. The van der Waals surface area contributed by atoms with Crippen LogP contribution in [0.1, 0.15) is 32.4 Å². The fourth-order valence-corrected chi connectivity index (χ4v) is 3.09. The van der Waals surface area contributed by atoms with Crippen molar-refractivity contribution in [3.8, 4) is 5.75 Å². The molecule has 0 bridgehead atoms. The molecule has 0 aliphatic carbocycles. The van der Waals surface area contributed by atoms with Crippen LogP contribution in [0.5, 0.6) is 5.75 Å². The SMILES string of the molecule is CCOc1ccccc1C(N)CSCCN(CC)CC. The van der Waals surface area contributed by atoms with E-state index in [0.717, 1.165) is 42.5 Å². The van der Waals surface area contributed by atoms with Gasteiger partial charge in [-0.15, -0.1) is 0 Å². The van der Waals surface area contributed by atoms with Crippen LogP contribution in [-0.4, -0.2) is 42.6 Å². The van der Waals surface area contributed by atoms with E-state index in [1.165, 1.54) is 0 Å². The molecule has 0 saturated carbocycles. The molecule has 1 aromatic carbocycles. The summed E-state index contributed by atoms with van der Waals surface area (Å²) in [5.74, 6) is 2.99. The van der Waals surface area contributed by atoms with E-state index < -0.39 is 0 Å². The standard InChI is InChI=1S/C16H28N2OS/c1-4-18(5-2)11-12-20-13-15(17)14-9-7-8-10-16(14)19-6-3/h7-10,15H,4-6,11-13,17H2,1-3H3. The number of para-hydroxylation sites is 1. The maximum Gasteiger partial charge on any atom is 0.124 e. The van der Waals surface area contributed by atoms with Crippen molar-refractivity contribution >= 4 is 11.8 Å². The first-order chi connectivity index (χ1) is 9.72. The van der Waals surface area contributed by atoms with Crippen LogP contribution in [0.25, 0.3) is 0 Å². The van der Waals surface area contributed by atoms with Crippen LogP contribution >= 0.6 is 11.8 Å². The van der Waals surface area contributed by atoms with Crippen molar-refractivity contribution in [2.45, 2.75) is 26.8 Å². The van der Waals surface area contributed by atoms with Gasteiger partial charge >= 0.3 is 0 Å². The van der Waals surface area contributed by atoms with E-state index in [2.05, 4.69) is 24.8 Å². The van der Waals surface area contributed by atoms with Gasteiger partial charge in [0, 0.05) is 29.7 Å². The molecule has 0 saturated heterocycles. The van der Waals surface area contributed by atoms with E-state index in [-0.39, 0.29) is 6.04 Å². The monoisotopic (exact) mass is 296 g/mol. The molecule has 1 aromatic rings. The highest BCUT2D eigenvalue weighted by Gasteiger charge is 2.11. The number of ether oxygens (including phenoxy) is 1. The number of hydrogen-bond acceptors (Lipinski definition) is 4. The number of rotatable bonds is 10. The molecule has 0 heterocycles. The Kier molecular flexibility index (Phi) is 8.74. The normalized spacial score (nSPS) is 12.7. The van der Waals surface area contributed by atoms with Crippen molar-refractivity contribution in [2.75, 3.05) is 37.7 Å². The van der Waals surface area contributed by atoms with E-state index in [1.54, 1.807) is 0 Å². The van der Waals surface area contributed by atoms with Crippen molar-refractivity contribution in [3.05, 3.63) is 29.8 Å². The summed E-state index contributed by atoms with van der Waals surface area (Å²) in [6, 6.07) is 8.13. The molecule has 2 N–H and O–H groups in total. The molecule has 1 atom stereocenters. The van der Waals surface area contributed by atoms with Gasteiger partial charge in [0.2, 0.25) is 0 Å². The second-order valence-electron chi connectivity index (χ2n) is 4.68. The Morgan fingerprint density at radius 1 is 1.20 bits per heavy atom. The molecule has 0 radical (unpaired) electrons. The third kappa shape index (κ3) is 5.73. The van der Waals surface area contributed by atoms with E-state index in [1.807, 2.05) is 36.9 Å². The number of nitrogens with zero attached hydrogens (tertiary/aromatic N) is 1. The number of nitrogens with two attached hydrogens (primary N) is 1. The average Bonchev–Trinajstić information content (AvgIpc) is 2.48. The lowest BCUT2D eigenvalue weighted by Crippen LogP contribution is -2.25. The van der Waals surface area contributed by atoms with E-state index in [0.29, 0.717) is 6.61 Å². The Labute approximate surface area is 127 Å². The molecule has 0 amide bonds. The maximum absolute atomic E-state index is 6.29. The van der Waals surface area contributed by atoms with Gasteiger partial charge in [0.05, 0.1) is 6.61 Å². The highest BCUT2D eigenvalue weighted by molar-refractivity contribution is 7.99. The highest BCUT2D eigenvalue weighted by atomic mass is 32.2. The van der Waals surface area contributed by atoms with Gasteiger partial charge in [0.1, 0.15) is 5.75 Å². The zero-order valence-corrected chi connectivity index (χ0v) is 13.8. The summed E-state index contributed by atoms with van der Waals surface area (Å²) >= 11 is 1.92. The quantitative estimate of drug-likeness (QED) is 0.673. The van der Waals surface area contributed by atoms with Gasteiger partial charge in [-0.3, -0.25) is 0 Å². The topological polar surface area (TPSA) is 38.5 Å². The van der Waals surface area contributed by atoms with Gasteiger partial charge in [-0.25, -0.2) is 0 Å². The first-order valence-electron chi connectivity index (χ1n) is 7.50. The molecule has 0 aliphatic rings. The summed E-state index contributed by atoms with van der Waals surface area (Å²) in [5.41, 5.74) is 7.41. The van der Waals surface area contributed by atoms with Crippen LogP contribution < -0.4 is 10.5 Å². The second-order valence-corrected chi connectivity index (χ2v) is 5.83. The molecule has 0 fully saturated rings. The first-order valence-corrected chi connectivity index (χ1v) is 8.65. The highest BCUT2D eigenvalue weighted by Crippen LogP contribution is 2.25. The minimum atomic E-state index is 0.0412. The van der Waals surface area contributed by atoms with Gasteiger partial charge < -0.3 is 15.4 Å². The molecule has 20 heavy (non-hydrogen) atoms. The van der Waals surface area contributed by atoms with Gasteiger partial charge in [-0.1, -0.05) is 32.0 Å². The van der Waals surface area contributed by atoms with Crippen LogP contribution in [0.3, 0.4) is 0 Å². The second kappa shape index (κ2) is 10.1. The summed E-state index contributed by atoms with van der Waals surface area (Å²) in [6.45, 7) is 10.5. The number of thioether (sulfide) groups is 1. The van der Waals surface area contributed by atoms with Crippen molar-refractivity contribution in [1.29, 1.82) is 0 Å². The van der Waals surface area contributed by atoms with Crippen molar-refractivity contribution in [3.63, 3.8) is 0 Å². The van der Waals surface area contributed by atoms with Crippen LogP contribution in [-0.2, 0) is 0 Å². The third-order valence-electron chi connectivity index (χ3n) is 3.36. The molecule has 0 aliphatic heterocycles. The molecule has 3 nitrogen and oxygen atoms in total. The van der Waals surface area contributed by atoms with Crippen molar-refractivity contribution < 1.29 is 4.74 Å². The summed E-state index contributed by atoms with van der Waals surface area (Å²) in [6.07, 6.45) is 0. The molecular formula is C16H28N2OS. The Morgan fingerprint density at radius 2 is 1.90 bits per heavy atom. The minimum absolute atomic E-state index is 0.0412. The predicted octanol–water partition coefficient (Wildman–Crippen LogP) is 3.16. The van der Waals surface area contributed by atoms with Gasteiger partial charge in [0.15, 0.2) is 0 Å². The zero-order valence-electron chi connectivity index (χ0n) is 13.0. The Bertz CT molecular complexity index is 369. The van der Waals surface area contributed by atoms with Gasteiger partial charge in [-0.05, 0) is 26.1 Å². The van der Waals surface area contributed by atoms with E-state index in [9.17, 15) is 0 Å².